The second-order valence-electron chi connectivity index (χ2n) is 5.02. The van der Waals surface area contributed by atoms with Crippen LogP contribution in [0, 0.1) is 0 Å². The number of rotatable bonds is 4. The molecule has 1 aromatic rings. The molecule has 0 aromatic carbocycles. The molecule has 2 N–H and O–H groups in total. The molecule has 4 nitrogen and oxygen atoms in total. The molecule has 4 heteroatoms. The number of piperazine rings is 1. The van der Waals surface area contributed by atoms with E-state index in [-0.39, 0.29) is 0 Å². The fraction of sp³-hybridized carbons (Fsp3) is 0.643. The topological polar surface area (TPSA) is 45.4 Å². The first-order valence-corrected chi connectivity index (χ1v) is 6.84. The van der Waals surface area contributed by atoms with Gasteiger partial charge in [0.05, 0.1) is 0 Å². The van der Waals surface area contributed by atoms with Crippen molar-refractivity contribution in [3.05, 3.63) is 30.1 Å². The number of pyridine rings is 1. The molecular formula is C14H24N4. The van der Waals surface area contributed by atoms with Crippen molar-refractivity contribution in [2.45, 2.75) is 25.9 Å². The summed E-state index contributed by atoms with van der Waals surface area (Å²) in [6.45, 7) is 9.67. The molecule has 0 radical (unpaired) electrons. The van der Waals surface area contributed by atoms with Crippen molar-refractivity contribution in [2.24, 2.45) is 5.73 Å². The maximum atomic E-state index is 5.98. The van der Waals surface area contributed by atoms with Crippen LogP contribution in [0.5, 0.6) is 0 Å². The molecule has 0 spiro atoms. The zero-order valence-electron chi connectivity index (χ0n) is 11.4. The van der Waals surface area contributed by atoms with Crippen LogP contribution in [-0.4, -0.2) is 53.5 Å². The van der Waals surface area contributed by atoms with E-state index in [0.717, 1.165) is 26.2 Å². The quantitative estimate of drug-likeness (QED) is 0.867. The summed E-state index contributed by atoms with van der Waals surface area (Å²) < 4.78 is 0. The molecular weight excluding hydrogens is 224 g/mol. The second kappa shape index (κ2) is 6.27. The van der Waals surface area contributed by atoms with Crippen LogP contribution in [0.3, 0.4) is 0 Å². The summed E-state index contributed by atoms with van der Waals surface area (Å²) in [6.07, 6.45) is 3.76. The predicted molar refractivity (Wildman–Crippen MR) is 74.3 cm³/mol. The molecule has 1 saturated heterocycles. The molecule has 0 bridgehead atoms. The third-order valence-electron chi connectivity index (χ3n) is 3.90. The maximum Gasteiger partial charge on any atom is 0.0489 e. The molecule has 0 aliphatic carbocycles. The van der Waals surface area contributed by atoms with E-state index >= 15 is 0 Å². The van der Waals surface area contributed by atoms with E-state index in [9.17, 15) is 0 Å². The van der Waals surface area contributed by atoms with Crippen molar-refractivity contribution in [1.29, 1.82) is 0 Å². The monoisotopic (exact) mass is 248 g/mol. The molecule has 2 heterocycles. The zero-order valence-corrected chi connectivity index (χ0v) is 11.4. The third kappa shape index (κ3) is 2.88. The highest BCUT2D eigenvalue weighted by Gasteiger charge is 2.28. The minimum atomic E-state index is 0.299. The summed E-state index contributed by atoms with van der Waals surface area (Å²) in [6, 6.07) is 4.97. The Hall–Kier alpha value is -0.970. The van der Waals surface area contributed by atoms with Crippen molar-refractivity contribution in [3.8, 4) is 0 Å². The van der Waals surface area contributed by atoms with Crippen LogP contribution in [0.4, 0.5) is 0 Å². The van der Waals surface area contributed by atoms with Gasteiger partial charge in [0, 0.05) is 50.7 Å². The summed E-state index contributed by atoms with van der Waals surface area (Å²) in [5.41, 5.74) is 7.22. The van der Waals surface area contributed by atoms with Gasteiger partial charge in [0.2, 0.25) is 0 Å². The lowest BCUT2D eigenvalue weighted by Crippen LogP contribution is -2.53. The van der Waals surface area contributed by atoms with Gasteiger partial charge in [-0.05, 0) is 25.1 Å². The Bertz CT molecular complexity index is 354. The van der Waals surface area contributed by atoms with Crippen LogP contribution < -0.4 is 5.73 Å². The average Bonchev–Trinajstić information content (AvgIpc) is 2.42. The van der Waals surface area contributed by atoms with Crippen LogP contribution in [0.25, 0.3) is 0 Å². The van der Waals surface area contributed by atoms with Crippen molar-refractivity contribution >= 4 is 0 Å². The smallest absolute Gasteiger partial charge is 0.0489 e. The van der Waals surface area contributed by atoms with Gasteiger partial charge in [0.15, 0.2) is 0 Å². The molecule has 2 rings (SSSR count). The van der Waals surface area contributed by atoms with E-state index in [1.54, 1.807) is 0 Å². The Morgan fingerprint density at radius 1 is 1.50 bits per heavy atom. The van der Waals surface area contributed by atoms with E-state index in [4.69, 9.17) is 5.73 Å². The van der Waals surface area contributed by atoms with Gasteiger partial charge in [0.25, 0.3) is 0 Å². The lowest BCUT2D eigenvalue weighted by molar-refractivity contribution is 0.0535. The number of nitrogens with two attached hydrogens (primary N) is 1. The Morgan fingerprint density at radius 3 is 2.89 bits per heavy atom. The number of aromatic nitrogens is 1. The summed E-state index contributed by atoms with van der Waals surface area (Å²) >= 11 is 0. The number of hydrogen-bond donors (Lipinski definition) is 1. The SMILES string of the molecule is CCN1CCN(C(CN)c2cccnc2)C(C)C1. The summed E-state index contributed by atoms with van der Waals surface area (Å²) in [5, 5.41) is 0. The molecule has 0 amide bonds. The van der Waals surface area contributed by atoms with Crippen LogP contribution in [0.15, 0.2) is 24.5 Å². The highest BCUT2D eigenvalue weighted by molar-refractivity contribution is 5.15. The molecule has 1 fully saturated rings. The minimum Gasteiger partial charge on any atom is -0.329 e. The Labute approximate surface area is 110 Å². The van der Waals surface area contributed by atoms with E-state index in [1.165, 1.54) is 5.56 Å². The van der Waals surface area contributed by atoms with Gasteiger partial charge in [-0.25, -0.2) is 0 Å². The normalized spacial score (nSPS) is 24.1. The Balaban J connectivity index is 2.09. The van der Waals surface area contributed by atoms with E-state index in [1.807, 2.05) is 18.5 Å². The largest absolute Gasteiger partial charge is 0.329 e. The predicted octanol–water partition coefficient (Wildman–Crippen LogP) is 1.11. The first kappa shape index (κ1) is 13.5. The molecule has 100 valence electrons. The zero-order chi connectivity index (χ0) is 13.0. The van der Waals surface area contributed by atoms with Crippen LogP contribution >= 0.6 is 0 Å². The average molecular weight is 248 g/mol. The molecule has 1 aliphatic heterocycles. The van der Waals surface area contributed by atoms with Crippen LogP contribution in [0.2, 0.25) is 0 Å². The van der Waals surface area contributed by atoms with Gasteiger partial charge in [0.1, 0.15) is 0 Å². The van der Waals surface area contributed by atoms with E-state index in [2.05, 4.69) is 34.7 Å². The fourth-order valence-corrected chi connectivity index (χ4v) is 2.83. The van der Waals surface area contributed by atoms with Crippen LogP contribution in [0.1, 0.15) is 25.5 Å². The standard InChI is InChI=1S/C14H24N4/c1-3-17-7-8-18(12(2)11-17)14(9-15)13-5-4-6-16-10-13/h4-6,10,12,14H,3,7-9,11,15H2,1-2H3. The van der Waals surface area contributed by atoms with Crippen molar-refractivity contribution < 1.29 is 0 Å². The minimum absolute atomic E-state index is 0.299. The molecule has 18 heavy (non-hydrogen) atoms. The first-order chi connectivity index (χ1) is 8.76. The van der Waals surface area contributed by atoms with Gasteiger partial charge in [-0.1, -0.05) is 13.0 Å². The van der Waals surface area contributed by atoms with Crippen molar-refractivity contribution in [1.82, 2.24) is 14.8 Å². The molecule has 0 saturated carbocycles. The molecule has 2 unspecified atom stereocenters. The first-order valence-electron chi connectivity index (χ1n) is 6.84. The van der Waals surface area contributed by atoms with E-state index < -0.39 is 0 Å². The highest BCUT2D eigenvalue weighted by Crippen LogP contribution is 2.23. The van der Waals surface area contributed by atoms with Crippen LogP contribution in [-0.2, 0) is 0 Å². The lowest BCUT2D eigenvalue weighted by atomic mass is 10.0. The maximum absolute atomic E-state index is 5.98. The van der Waals surface area contributed by atoms with Crippen molar-refractivity contribution in [2.75, 3.05) is 32.7 Å². The fourth-order valence-electron chi connectivity index (χ4n) is 2.83. The molecule has 1 aliphatic rings. The van der Waals surface area contributed by atoms with Gasteiger partial charge in [-0.2, -0.15) is 0 Å². The molecule has 1 aromatic heterocycles. The summed E-state index contributed by atoms with van der Waals surface area (Å²) in [4.78, 5) is 9.23. The lowest BCUT2D eigenvalue weighted by Gasteiger charge is -2.43. The number of likely N-dealkylation sites (N-methyl/N-ethyl adjacent to an activating group) is 1. The van der Waals surface area contributed by atoms with Gasteiger partial charge in [-0.3, -0.25) is 9.88 Å². The van der Waals surface area contributed by atoms with Crippen molar-refractivity contribution in [3.63, 3.8) is 0 Å². The molecule has 2 atom stereocenters. The number of hydrogen-bond acceptors (Lipinski definition) is 4. The van der Waals surface area contributed by atoms with Gasteiger partial charge >= 0.3 is 0 Å². The Morgan fingerprint density at radius 2 is 2.33 bits per heavy atom. The Kier molecular flexibility index (Phi) is 4.69. The number of nitrogens with zero attached hydrogens (tertiary/aromatic N) is 3. The highest BCUT2D eigenvalue weighted by atomic mass is 15.3. The third-order valence-corrected chi connectivity index (χ3v) is 3.90. The second-order valence-corrected chi connectivity index (χ2v) is 5.02. The summed E-state index contributed by atoms with van der Waals surface area (Å²) in [5.74, 6) is 0. The summed E-state index contributed by atoms with van der Waals surface area (Å²) in [7, 11) is 0. The van der Waals surface area contributed by atoms with Gasteiger partial charge < -0.3 is 10.6 Å². The van der Waals surface area contributed by atoms with Gasteiger partial charge in [-0.15, -0.1) is 0 Å². The van der Waals surface area contributed by atoms with E-state index in [0.29, 0.717) is 18.6 Å².